The molecule has 0 heterocycles. The summed E-state index contributed by atoms with van der Waals surface area (Å²) in [6.45, 7) is 2.60. The first kappa shape index (κ1) is 25.8. The normalized spacial score (nSPS) is 11.5. The lowest BCUT2D eigenvalue weighted by atomic mass is 10.0. The molecule has 0 saturated heterocycles. The van der Waals surface area contributed by atoms with E-state index in [1.165, 1.54) is 0 Å². The molecule has 0 saturated carbocycles. The van der Waals surface area contributed by atoms with Crippen LogP contribution in [0.5, 0.6) is 5.75 Å². The highest BCUT2D eigenvalue weighted by Crippen LogP contribution is 2.20. The molecular weight excluding hydrogens is 516 g/mol. The predicted molar refractivity (Wildman–Crippen MR) is 139 cm³/mol. The van der Waals surface area contributed by atoms with Gasteiger partial charge in [0.1, 0.15) is 11.8 Å². The van der Waals surface area contributed by atoms with Crippen LogP contribution in [0.2, 0.25) is 5.02 Å². The van der Waals surface area contributed by atoms with Crippen LogP contribution in [0.4, 0.5) is 0 Å². The van der Waals surface area contributed by atoms with Crippen molar-refractivity contribution < 1.29 is 14.3 Å². The van der Waals surface area contributed by atoms with E-state index in [1.807, 2.05) is 61.5 Å². The van der Waals surface area contributed by atoms with E-state index < -0.39 is 6.04 Å². The molecule has 0 bridgehead atoms. The maximum absolute atomic E-state index is 13.5. The number of nitrogens with zero attached hydrogens (tertiary/aromatic N) is 1. The first-order chi connectivity index (χ1) is 16.5. The molecule has 1 atom stereocenters. The molecule has 0 radical (unpaired) electrons. The highest BCUT2D eigenvalue weighted by Gasteiger charge is 2.30. The Morgan fingerprint density at radius 2 is 1.74 bits per heavy atom. The maximum atomic E-state index is 13.5. The molecule has 0 unspecified atom stereocenters. The summed E-state index contributed by atoms with van der Waals surface area (Å²) >= 11 is 9.53. The zero-order valence-electron chi connectivity index (χ0n) is 19.0. The average molecular weight is 544 g/mol. The van der Waals surface area contributed by atoms with Crippen molar-refractivity contribution in [3.63, 3.8) is 0 Å². The van der Waals surface area contributed by atoms with E-state index in [0.29, 0.717) is 23.7 Å². The fourth-order valence-electron chi connectivity index (χ4n) is 3.54. The number of amides is 2. The number of carbonyl (C=O) groups is 2. The van der Waals surface area contributed by atoms with Crippen LogP contribution in [0.25, 0.3) is 0 Å². The molecule has 178 valence electrons. The second-order valence-corrected chi connectivity index (χ2v) is 9.25. The van der Waals surface area contributed by atoms with Gasteiger partial charge in [-0.15, -0.1) is 0 Å². The third-order valence-corrected chi connectivity index (χ3v) is 5.95. The summed E-state index contributed by atoms with van der Waals surface area (Å²) in [6.07, 6.45) is 1.20. The van der Waals surface area contributed by atoms with Gasteiger partial charge in [0.25, 0.3) is 5.91 Å². The van der Waals surface area contributed by atoms with Crippen molar-refractivity contribution in [1.29, 1.82) is 0 Å². The minimum atomic E-state index is -0.691. The summed E-state index contributed by atoms with van der Waals surface area (Å²) in [5.74, 6) is 0.0302. The SMILES string of the molecule is CCCNC(=O)[C@@H](Cc1ccccc1)N(Cc1cccc(Br)c1)C(=O)COc1cccc(Cl)c1. The summed E-state index contributed by atoms with van der Waals surface area (Å²) in [4.78, 5) is 28.3. The van der Waals surface area contributed by atoms with Gasteiger partial charge in [-0.05, 0) is 47.9 Å². The highest BCUT2D eigenvalue weighted by molar-refractivity contribution is 9.10. The first-order valence-corrected chi connectivity index (χ1v) is 12.4. The van der Waals surface area contributed by atoms with Crippen LogP contribution in [0, 0.1) is 0 Å². The zero-order chi connectivity index (χ0) is 24.3. The number of hydrogen-bond donors (Lipinski definition) is 1. The summed E-state index contributed by atoms with van der Waals surface area (Å²) < 4.78 is 6.64. The van der Waals surface area contributed by atoms with Gasteiger partial charge in [0.2, 0.25) is 5.91 Å². The third kappa shape index (κ3) is 7.89. The van der Waals surface area contributed by atoms with Crippen molar-refractivity contribution >= 4 is 39.3 Å². The largest absolute Gasteiger partial charge is 0.484 e. The van der Waals surface area contributed by atoms with E-state index in [2.05, 4.69) is 21.2 Å². The Hall–Kier alpha value is -2.83. The molecule has 0 aliphatic carbocycles. The molecule has 7 heteroatoms. The number of carbonyl (C=O) groups excluding carboxylic acids is 2. The van der Waals surface area contributed by atoms with Crippen molar-refractivity contribution in [2.45, 2.75) is 32.4 Å². The Labute approximate surface area is 214 Å². The van der Waals surface area contributed by atoms with Gasteiger partial charge in [0, 0.05) is 29.0 Å². The second kappa shape index (κ2) is 13.2. The molecule has 0 fully saturated rings. The summed E-state index contributed by atoms with van der Waals surface area (Å²) in [7, 11) is 0. The molecule has 0 spiro atoms. The van der Waals surface area contributed by atoms with Crippen LogP contribution in [0.3, 0.4) is 0 Å². The van der Waals surface area contributed by atoms with E-state index in [1.54, 1.807) is 29.2 Å². The summed E-state index contributed by atoms with van der Waals surface area (Å²) in [5, 5.41) is 3.49. The number of nitrogens with one attached hydrogen (secondary N) is 1. The lowest BCUT2D eigenvalue weighted by Crippen LogP contribution is -2.51. The van der Waals surface area contributed by atoms with E-state index in [-0.39, 0.29) is 25.0 Å². The number of halogens is 2. The first-order valence-electron chi connectivity index (χ1n) is 11.2. The molecule has 3 rings (SSSR count). The Morgan fingerprint density at radius 1 is 1.00 bits per heavy atom. The topological polar surface area (TPSA) is 58.6 Å². The molecule has 0 aromatic heterocycles. The zero-order valence-corrected chi connectivity index (χ0v) is 21.4. The third-order valence-electron chi connectivity index (χ3n) is 5.22. The second-order valence-electron chi connectivity index (χ2n) is 7.89. The van der Waals surface area contributed by atoms with Gasteiger partial charge >= 0.3 is 0 Å². The van der Waals surface area contributed by atoms with Crippen LogP contribution >= 0.6 is 27.5 Å². The average Bonchev–Trinajstić information content (AvgIpc) is 2.84. The number of benzene rings is 3. The lowest BCUT2D eigenvalue weighted by molar-refractivity contribution is -0.142. The Kier molecular flexibility index (Phi) is 9.98. The van der Waals surface area contributed by atoms with E-state index in [0.717, 1.165) is 22.0 Å². The standard InChI is InChI=1S/C27H28BrClN2O3/c1-2-14-30-27(33)25(16-20-8-4-3-5-9-20)31(18-21-10-6-11-22(28)15-21)26(32)19-34-24-13-7-12-23(29)17-24/h3-13,15,17,25H,2,14,16,18-19H2,1H3,(H,30,33)/t25-/m1/s1. The van der Waals surface area contributed by atoms with E-state index >= 15 is 0 Å². The van der Waals surface area contributed by atoms with Crippen LogP contribution in [-0.4, -0.2) is 35.9 Å². The summed E-state index contributed by atoms with van der Waals surface area (Å²) in [6, 6.07) is 23.6. The molecule has 3 aromatic carbocycles. The number of hydrogen-bond acceptors (Lipinski definition) is 3. The van der Waals surface area contributed by atoms with Gasteiger partial charge in [-0.1, -0.05) is 83.0 Å². The molecule has 2 amide bonds. The fourth-order valence-corrected chi connectivity index (χ4v) is 4.16. The smallest absolute Gasteiger partial charge is 0.261 e. The Balaban J connectivity index is 1.89. The molecule has 3 aromatic rings. The number of rotatable bonds is 11. The molecule has 0 aliphatic heterocycles. The quantitative estimate of drug-likeness (QED) is 0.340. The van der Waals surface area contributed by atoms with Gasteiger partial charge in [0.05, 0.1) is 0 Å². The van der Waals surface area contributed by atoms with Crippen molar-refractivity contribution in [2.75, 3.05) is 13.2 Å². The molecular formula is C27H28BrClN2O3. The van der Waals surface area contributed by atoms with E-state index in [9.17, 15) is 9.59 Å². The van der Waals surface area contributed by atoms with Crippen LogP contribution in [0.1, 0.15) is 24.5 Å². The van der Waals surface area contributed by atoms with Gasteiger partial charge in [-0.25, -0.2) is 0 Å². The number of ether oxygens (including phenoxy) is 1. The molecule has 0 aliphatic rings. The molecule has 1 N–H and O–H groups in total. The minimum absolute atomic E-state index is 0.184. The van der Waals surface area contributed by atoms with Crippen LogP contribution in [-0.2, 0) is 22.6 Å². The maximum Gasteiger partial charge on any atom is 0.261 e. The van der Waals surface area contributed by atoms with Gasteiger partial charge < -0.3 is 15.0 Å². The van der Waals surface area contributed by atoms with Crippen molar-refractivity contribution in [3.05, 3.63) is 99.5 Å². The van der Waals surface area contributed by atoms with E-state index in [4.69, 9.17) is 16.3 Å². The minimum Gasteiger partial charge on any atom is -0.484 e. The van der Waals surface area contributed by atoms with Crippen LogP contribution < -0.4 is 10.1 Å². The summed E-state index contributed by atoms with van der Waals surface area (Å²) in [5.41, 5.74) is 1.88. The predicted octanol–water partition coefficient (Wildman–Crippen LogP) is 5.65. The Morgan fingerprint density at radius 3 is 2.44 bits per heavy atom. The van der Waals surface area contributed by atoms with Gasteiger partial charge in [0.15, 0.2) is 6.61 Å². The fraction of sp³-hybridized carbons (Fsp3) is 0.259. The molecule has 5 nitrogen and oxygen atoms in total. The van der Waals surface area contributed by atoms with Crippen molar-refractivity contribution in [3.8, 4) is 5.75 Å². The monoisotopic (exact) mass is 542 g/mol. The van der Waals surface area contributed by atoms with Crippen molar-refractivity contribution in [2.24, 2.45) is 0 Å². The molecule has 34 heavy (non-hydrogen) atoms. The van der Waals surface area contributed by atoms with Gasteiger partial charge in [-0.3, -0.25) is 9.59 Å². The van der Waals surface area contributed by atoms with Gasteiger partial charge in [-0.2, -0.15) is 0 Å². The Bertz CT molecular complexity index is 1090. The lowest BCUT2D eigenvalue weighted by Gasteiger charge is -2.31. The van der Waals surface area contributed by atoms with Crippen molar-refractivity contribution in [1.82, 2.24) is 10.2 Å². The highest BCUT2D eigenvalue weighted by atomic mass is 79.9. The van der Waals surface area contributed by atoms with Crippen LogP contribution in [0.15, 0.2) is 83.3 Å².